The summed E-state index contributed by atoms with van der Waals surface area (Å²) in [7, 11) is 0. The molecule has 0 aliphatic heterocycles. The number of hydrogen-bond acceptors (Lipinski definition) is 3. The van der Waals surface area contributed by atoms with E-state index in [1.165, 1.54) is 19.3 Å². The summed E-state index contributed by atoms with van der Waals surface area (Å²) >= 11 is 0. The molecule has 0 heterocycles. The molecule has 2 aliphatic carbocycles. The van der Waals surface area contributed by atoms with Crippen LogP contribution in [0.1, 0.15) is 64.7 Å². The van der Waals surface area contributed by atoms with Gasteiger partial charge >= 0.3 is 0 Å². The number of carbonyl (C=O) groups is 1. The number of hydrogen-bond donors (Lipinski definition) is 2. The number of unbranched alkanes of at least 4 members (excludes halogenated alkanes) is 3. The summed E-state index contributed by atoms with van der Waals surface area (Å²) in [5.74, 6) is 0.226. The van der Waals surface area contributed by atoms with Gasteiger partial charge in [-0.25, -0.2) is 0 Å². The summed E-state index contributed by atoms with van der Waals surface area (Å²) in [4.78, 5) is 12.0. The third-order valence-corrected chi connectivity index (χ3v) is 5.13. The molecule has 4 heteroatoms. The minimum Gasteiger partial charge on any atom is -0.378 e. The fourth-order valence-electron chi connectivity index (χ4n) is 3.69. The Kier molecular flexibility index (Phi) is 5.85. The van der Waals surface area contributed by atoms with Crippen molar-refractivity contribution in [3.63, 3.8) is 0 Å². The number of carbonyl (C=O) groups excluding carboxylic acids is 1. The monoisotopic (exact) mass is 282 g/mol. The normalized spacial score (nSPS) is 26.9. The second-order valence-electron chi connectivity index (χ2n) is 6.34. The molecular formula is C16H30N2O2. The van der Waals surface area contributed by atoms with Crippen LogP contribution in [0.15, 0.2) is 0 Å². The van der Waals surface area contributed by atoms with E-state index in [0.29, 0.717) is 18.6 Å². The molecule has 2 rings (SSSR count). The van der Waals surface area contributed by atoms with Gasteiger partial charge in [0.2, 0.25) is 5.91 Å². The number of nitrogens with one attached hydrogen (secondary N) is 1. The molecule has 1 amide bonds. The van der Waals surface area contributed by atoms with Crippen molar-refractivity contribution in [2.24, 2.45) is 11.1 Å². The lowest BCUT2D eigenvalue weighted by Gasteiger charge is -2.61. The summed E-state index contributed by atoms with van der Waals surface area (Å²) < 4.78 is 5.81. The van der Waals surface area contributed by atoms with Crippen molar-refractivity contribution >= 4 is 5.91 Å². The minimum atomic E-state index is 0.226. The van der Waals surface area contributed by atoms with Crippen molar-refractivity contribution in [1.29, 1.82) is 0 Å². The van der Waals surface area contributed by atoms with Crippen molar-refractivity contribution < 1.29 is 9.53 Å². The third-order valence-electron chi connectivity index (χ3n) is 5.13. The molecular weight excluding hydrogens is 252 g/mol. The van der Waals surface area contributed by atoms with Crippen LogP contribution in [-0.4, -0.2) is 31.2 Å². The Labute approximate surface area is 122 Å². The average Bonchev–Trinajstić information content (AvgIpc) is 2.35. The summed E-state index contributed by atoms with van der Waals surface area (Å²) in [5, 5.41) is 3.24. The molecule has 2 fully saturated rings. The molecule has 0 radical (unpaired) electrons. The molecule has 2 aliphatic rings. The van der Waals surface area contributed by atoms with Crippen molar-refractivity contribution in [3.05, 3.63) is 0 Å². The highest BCUT2D eigenvalue weighted by atomic mass is 16.5. The van der Waals surface area contributed by atoms with Gasteiger partial charge in [0, 0.05) is 24.5 Å². The zero-order valence-corrected chi connectivity index (χ0v) is 12.8. The standard InChI is InChI=1S/C16H30N2O2/c1-2-20-14-12-13(16(14)9-7-10-16)18-15(19)8-5-3-4-6-11-17/h13-14H,2-12,17H2,1H3,(H,18,19). The van der Waals surface area contributed by atoms with E-state index in [4.69, 9.17) is 10.5 Å². The van der Waals surface area contributed by atoms with Gasteiger partial charge in [0.15, 0.2) is 0 Å². The maximum absolute atomic E-state index is 12.0. The maximum Gasteiger partial charge on any atom is 0.220 e. The van der Waals surface area contributed by atoms with Gasteiger partial charge in [-0.1, -0.05) is 19.3 Å². The second-order valence-corrected chi connectivity index (χ2v) is 6.34. The van der Waals surface area contributed by atoms with Crippen LogP contribution < -0.4 is 11.1 Å². The average molecular weight is 282 g/mol. The summed E-state index contributed by atoms with van der Waals surface area (Å²) in [5.41, 5.74) is 5.74. The Morgan fingerprint density at radius 1 is 1.30 bits per heavy atom. The van der Waals surface area contributed by atoms with Gasteiger partial charge in [-0.2, -0.15) is 0 Å². The van der Waals surface area contributed by atoms with Gasteiger partial charge in [-0.3, -0.25) is 4.79 Å². The first-order chi connectivity index (χ1) is 9.73. The quantitative estimate of drug-likeness (QED) is 0.638. The van der Waals surface area contributed by atoms with Crippen molar-refractivity contribution in [2.75, 3.05) is 13.2 Å². The number of nitrogens with two attached hydrogens (primary N) is 1. The zero-order chi connectivity index (χ0) is 14.4. The van der Waals surface area contributed by atoms with E-state index in [1.54, 1.807) is 0 Å². The topological polar surface area (TPSA) is 64.3 Å². The lowest BCUT2D eigenvalue weighted by Crippen LogP contribution is -2.67. The van der Waals surface area contributed by atoms with E-state index >= 15 is 0 Å². The molecule has 3 N–H and O–H groups in total. The van der Waals surface area contributed by atoms with Gasteiger partial charge in [-0.05, 0) is 45.6 Å². The molecule has 0 bridgehead atoms. The fraction of sp³-hybridized carbons (Fsp3) is 0.938. The summed E-state index contributed by atoms with van der Waals surface area (Å²) in [6.45, 7) is 3.60. The highest BCUT2D eigenvalue weighted by Crippen LogP contribution is 2.57. The SMILES string of the molecule is CCOC1CC(NC(=O)CCCCCCN)C12CCC2. The molecule has 2 atom stereocenters. The maximum atomic E-state index is 12.0. The lowest BCUT2D eigenvalue weighted by atomic mass is 9.51. The van der Waals surface area contributed by atoms with E-state index in [9.17, 15) is 4.79 Å². The van der Waals surface area contributed by atoms with E-state index in [-0.39, 0.29) is 11.3 Å². The Morgan fingerprint density at radius 3 is 2.65 bits per heavy atom. The lowest BCUT2D eigenvalue weighted by molar-refractivity contribution is -0.175. The molecule has 2 saturated carbocycles. The van der Waals surface area contributed by atoms with Crippen molar-refractivity contribution in [3.8, 4) is 0 Å². The molecule has 116 valence electrons. The molecule has 0 aromatic carbocycles. The van der Waals surface area contributed by atoms with Gasteiger partial charge in [0.1, 0.15) is 0 Å². The van der Waals surface area contributed by atoms with Crippen LogP contribution in [0.4, 0.5) is 0 Å². The summed E-state index contributed by atoms with van der Waals surface area (Å²) in [6, 6.07) is 0.365. The predicted octanol–water partition coefficient (Wildman–Crippen LogP) is 2.36. The van der Waals surface area contributed by atoms with Gasteiger partial charge in [-0.15, -0.1) is 0 Å². The van der Waals surface area contributed by atoms with Crippen molar-refractivity contribution in [1.82, 2.24) is 5.32 Å². The smallest absolute Gasteiger partial charge is 0.220 e. The van der Waals surface area contributed by atoms with E-state index in [0.717, 1.165) is 45.3 Å². The van der Waals surface area contributed by atoms with E-state index < -0.39 is 0 Å². The predicted molar refractivity (Wildman–Crippen MR) is 80.4 cm³/mol. The molecule has 4 nitrogen and oxygen atoms in total. The second kappa shape index (κ2) is 7.41. The number of ether oxygens (including phenoxy) is 1. The van der Waals surface area contributed by atoms with Gasteiger partial charge < -0.3 is 15.8 Å². The number of rotatable bonds is 9. The molecule has 1 spiro atoms. The first-order valence-electron chi connectivity index (χ1n) is 8.34. The van der Waals surface area contributed by atoms with Gasteiger partial charge in [0.25, 0.3) is 0 Å². The largest absolute Gasteiger partial charge is 0.378 e. The highest BCUT2D eigenvalue weighted by molar-refractivity contribution is 5.76. The van der Waals surface area contributed by atoms with Crippen LogP contribution in [0.5, 0.6) is 0 Å². The van der Waals surface area contributed by atoms with Crippen LogP contribution in [0.25, 0.3) is 0 Å². The van der Waals surface area contributed by atoms with Crippen LogP contribution in [0, 0.1) is 5.41 Å². The van der Waals surface area contributed by atoms with E-state index in [1.807, 2.05) is 0 Å². The first-order valence-corrected chi connectivity index (χ1v) is 8.34. The number of amides is 1. The third kappa shape index (κ3) is 3.34. The first kappa shape index (κ1) is 15.8. The Hall–Kier alpha value is -0.610. The van der Waals surface area contributed by atoms with Crippen LogP contribution in [0.3, 0.4) is 0 Å². The molecule has 0 aromatic rings. The van der Waals surface area contributed by atoms with Crippen LogP contribution >= 0.6 is 0 Å². The van der Waals surface area contributed by atoms with Gasteiger partial charge in [0.05, 0.1) is 6.10 Å². The highest BCUT2D eigenvalue weighted by Gasteiger charge is 2.59. The Morgan fingerprint density at radius 2 is 2.05 bits per heavy atom. The fourth-order valence-corrected chi connectivity index (χ4v) is 3.69. The molecule has 2 unspecified atom stereocenters. The van der Waals surface area contributed by atoms with Crippen molar-refractivity contribution in [2.45, 2.75) is 76.9 Å². The van der Waals surface area contributed by atoms with E-state index in [2.05, 4.69) is 12.2 Å². The minimum absolute atomic E-state index is 0.226. The Bertz CT molecular complexity index is 316. The Balaban J connectivity index is 1.65. The van der Waals surface area contributed by atoms with Crippen LogP contribution in [0.2, 0.25) is 0 Å². The molecule has 0 aromatic heterocycles. The summed E-state index contributed by atoms with van der Waals surface area (Å²) in [6.07, 6.45) is 10.1. The zero-order valence-electron chi connectivity index (χ0n) is 12.8. The molecule has 20 heavy (non-hydrogen) atoms. The molecule has 0 saturated heterocycles. The van der Waals surface area contributed by atoms with Crippen LogP contribution in [-0.2, 0) is 9.53 Å².